The summed E-state index contributed by atoms with van der Waals surface area (Å²) in [7, 11) is 0. The molecule has 6 nitrogen and oxygen atoms in total. The van der Waals surface area contributed by atoms with Gasteiger partial charge in [0.1, 0.15) is 13.2 Å². The average Bonchev–Trinajstić information content (AvgIpc) is 3.43. The molecular formula is C71H128O6. The number of allylic oxidation sites excluding steroid dienone is 10. The molecule has 0 radical (unpaired) electrons. The zero-order valence-corrected chi connectivity index (χ0v) is 51.5. The Kier molecular flexibility index (Phi) is 63.2. The summed E-state index contributed by atoms with van der Waals surface area (Å²) in [5.74, 6) is -0.883. The van der Waals surface area contributed by atoms with Gasteiger partial charge in [-0.15, -0.1) is 0 Å². The lowest BCUT2D eigenvalue weighted by molar-refractivity contribution is -0.167. The van der Waals surface area contributed by atoms with Gasteiger partial charge in [-0.25, -0.2) is 0 Å². The molecule has 0 heterocycles. The molecule has 0 fully saturated rings. The van der Waals surface area contributed by atoms with E-state index in [1.165, 1.54) is 225 Å². The summed E-state index contributed by atoms with van der Waals surface area (Å²) in [5.41, 5.74) is 0. The largest absolute Gasteiger partial charge is 0.462 e. The van der Waals surface area contributed by atoms with E-state index in [0.717, 1.165) is 89.9 Å². The third-order valence-electron chi connectivity index (χ3n) is 15.0. The van der Waals surface area contributed by atoms with Crippen LogP contribution in [0.2, 0.25) is 0 Å². The molecule has 1 atom stereocenters. The highest BCUT2D eigenvalue weighted by atomic mass is 16.6. The first kappa shape index (κ1) is 74.1. The van der Waals surface area contributed by atoms with Crippen molar-refractivity contribution in [1.82, 2.24) is 0 Å². The summed E-state index contributed by atoms with van der Waals surface area (Å²) in [6.45, 7) is 6.63. The second kappa shape index (κ2) is 65.6. The molecule has 1 unspecified atom stereocenters. The summed E-state index contributed by atoms with van der Waals surface area (Å²) in [6, 6.07) is 0. The third-order valence-corrected chi connectivity index (χ3v) is 15.0. The Hall–Kier alpha value is -2.89. The minimum Gasteiger partial charge on any atom is -0.462 e. The van der Waals surface area contributed by atoms with Crippen LogP contribution in [0.15, 0.2) is 60.8 Å². The first-order valence-corrected chi connectivity index (χ1v) is 33.8. The highest BCUT2D eigenvalue weighted by Crippen LogP contribution is 2.17. The zero-order valence-electron chi connectivity index (χ0n) is 51.5. The topological polar surface area (TPSA) is 78.9 Å². The summed E-state index contributed by atoms with van der Waals surface area (Å²) in [6.07, 6.45) is 83.8. The lowest BCUT2D eigenvalue weighted by Gasteiger charge is -2.18. The zero-order chi connectivity index (χ0) is 55.7. The Labute approximate surface area is 479 Å². The van der Waals surface area contributed by atoms with Crippen molar-refractivity contribution >= 4 is 17.9 Å². The molecule has 0 spiro atoms. The van der Waals surface area contributed by atoms with E-state index in [1.807, 2.05) is 0 Å². The number of hydrogen-bond donors (Lipinski definition) is 0. The van der Waals surface area contributed by atoms with E-state index in [1.54, 1.807) is 0 Å². The highest BCUT2D eigenvalue weighted by Gasteiger charge is 2.19. The van der Waals surface area contributed by atoms with Crippen LogP contribution in [0.5, 0.6) is 0 Å². The second-order valence-electron chi connectivity index (χ2n) is 22.7. The molecule has 6 heteroatoms. The maximum Gasteiger partial charge on any atom is 0.306 e. The fraction of sp³-hybridized carbons (Fsp3) is 0.817. The predicted molar refractivity (Wildman–Crippen MR) is 335 cm³/mol. The number of unbranched alkanes of at least 4 members (excludes halogenated alkanes) is 41. The van der Waals surface area contributed by atoms with Crippen LogP contribution >= 0.6 is 0 Å². The van der Waals surface area contributed by atoms with Crippen LogP contribution in [0, 0.1) is 0 Å². The molecule has 0 saturated heterocycles. The fourth-order valence-corrected chi connectivity index (χ4v) is 9.85. The number of ether oxygens (including phenoxy) is 3. The van der Waals surface area contributed by atoms with E-state index in [-0.39, 0.29) is 31.1 Å². The smallest absolute Gasteiger partial charge is 0.306 e. The van der Waals surface area contributed by atoms with Gasteiger partial charge in [0.25, 0.3) is 0 Å². The molecule has 0 rings (SSSR count). The van der Waals surface area contributed by atoms with Gasteiger partial charge in [0.2, 0.25) is 0 Å². The molecule has 0 aromatic rings. The van der Waals surface area contributed by atoms with Gasteiger partial charge in [0.15, 0.2) is 6.10 Å². The highest BCUT2D eigenvalue weighted by molar-refractivity contribution is 5.71. The molecule has 0 aromatic carbocycles. The standard InChI is InChI=1S/C71H128O6/c1-4-7-10-13-16-19-22-25-27-29-31-32-33-34-35-36-37-38-40-41-43-46-49-52-55-58-61-64-70(73)76-67-68(66-75-69(72)63-60-57-54-51-48-45-24-21-18-15-12-9-6-3)77-71(74)65-62-59-56-53-50-47-44-42-39-30-28-26-23-20-17-14-11-8-5-2/h17,20-21,24,26,28-29,31,39,42,68H,4-16,18-19,22-23,25,27,30,32-38,40-41,43-67H2,1-3H3/b20-17-,24-21-,28-26-,31-29-,42-39-. The van der Waals surface area contributed by atoms with Crippen molar-refractivity contribution in [2.24, 2.45) is 0 Å². The number of hydrogen-bond acceptors (Lipinski definition) is 6. The van der Waals surface area contributed by atoms with Crippen molar-refractivity contribution in [1.29, 1.82) is 0 Å². The lowest BCUT2D eigenvalue weighted by Crippen LogP contribution is -2.30. The van der Waals surface area contributed by atoms with Crippen molar-refractivity contribution in [2.75, 3.05) is 13.2 Å². The predicted octanol–water partition coefficient (Wildman–Crippen LogP) is 23.1. The summed E-state index contributed by atoms with van der Waals surface area (Å²) in [4.78, 5) is 38.3. The van der Waals surface area contributed by atoms with Gasteiger partial charge in [-0.05, 0) is 109 Å². The molecular weight excluding hydrogens is 949 g/mol. The van der Waals surface area contributed by atoms with Crippen molar-refractivity contribution in [2.45, 2.75) is 361 Å². The monoisotopic (exact) mass is 1080 g/mol. The molecule has 448 valence electrons. The molecule has 0 N–H and O–H groups in total. The SMILES string of the molecule is CCCCC/C=C\C/C=C\C/C=C\CCCCCCCCC(=O)OC(COC(=O)CCCCCCC/C=C\CCCCCC)COC(=O)CCCCCCCCCCCCCCCCC/C=C\CCCCCCCCCC. The first-order chi connectivity index (χ1) is 38.0. The van der Waals surface area contributed by atoms with Gasteiger partial charge < -0.3 is 14.2 Å². The van der Waals surface area contributed by atoms with Crippen LogP contribution in [-0.2, 0) is 28.6 Å². The second-order valence-corrected chi connectivity index (χ2v) is 22.7. The van der Waals surface area contributed by atoms with Gasteiger partial charge >= 0.3 is 17.9 Å². The van der Waals surface area contributed by atoms with E-state index in [2.05, 4.69) is 81.5 Å². The van der Waals surface area contributed by atoms with E-state index >= 15 is 0 Å². The summed E-state index contributed by atoms with van der Waals surface area (Å²) in [5, 5.41) is 0. The maximum atomic E-state index is 12.9. The van der Waals surface area contributed by atoms with Crippen LogP contribution in [-0.4, -0.2) is 37.2 Å². The molecule has 0 saturated carbocycles. The normalized spacial score (nSPS) is 12.4. The van der Waals surface area contributed by atoms with Crippen molar-refractivity contribution in [3.8, 4) is 0 Å². The van der Waals surface area contributed by atoms with Crippen LogP contribution < -0.4 is 0 Å². The Morgan fingerprint density at radius 2 is 0.468 bits per heavy atom. The third kappa shape index (κ3) is 63.8. The average molecular weight is 1080 g/mol. The van der Waals surface area contributed by atoms with E-state index in [4.69, 9.17) is 14.2 Å². The quantitative estimate of drug-likeness (QED) is 0.0261. The first-order valence-electron chi connectivity index (χ1n) is 33.8. The Morgan fingerprint density at radius 1 is 0.260 bits per heavy atom. The Balaban J connectivity index is 4.26. The number of rotatable bonds is 62. The Bertz CT molecular complexity index is 1380. The minimum absolute atomic E-state index is 0.0797. The van der Waals surface area contributed by atoms with E-state index < -0.39 is 6.10 Å². The van der Waals surface area contributed by atoms with Crippen LogP contribution in [0.3, 0.4) is 0 Å². The fourth-order valence-electron chi connectivity index (χ4n) is 9.85. The van der Waals surface area contributed by atoms with Gasteiger partial charge in [0.05, 0.1) is 0 Å². The van der Waals surface area contributed by atoms with E-state index in [9.17, 15) is 14.4 Å². The van der Waals surface area contributed by atoms with Crippen molar-refractivity contribution in [3.05, 3.63) is 60.8 Å². The van der Waals surface area contributed by atoms with Gasteiger partial charge in [-0.3, -0.25) is 14.4 Å². The molecule has 77 heavy (non-hydrogen) atoms. The number of carbonyl (C=O) groups is 3. The maximum absolute atomic E-state index is 12.9. The molecule has 0 aliphatic carbocycles. The molecule has 0 bridgehead atoms. The summed E-state index contributed by atoms with van der Waals surface area (Å²) < 4.78 is 16.9. The van der Waals surface area contributed by atoms with E-state index in [0.29, 0.717) is 19.3 Å². The van der Waals surface area contributed by atoms with Gasteiger partial charge in [-0.1, -0.05) is 287 Å². The van der Waals surface area contributed by atoms with Crippen LogP contribution in [0.4, 0.5) is 0 Å². The lowest BCUT2D eigenvalue weighted by atomic mass is 10.0. The van der Waals surface area contributed by atoms with Gasteiger partial charge in [0, 0.05) is 19.3 Å². The van der Waals surface area contributed by atoms with Crippen molar-refractivity contribution < 1.29 is 28.6 Å². The Morgan fingerprint density at radius 3 is 0.779 bits per heavy atom. The summed E-state index contributed by atoms with van der Waals surface area (Å²) >= 11 is 0. The molecule has 0 aliphatic heterocycles. The number of carbonyl (C=O) groups excluding carboxylic acids is 3. The van der Waals surface area contributed by atoms with Gasteiger partial charge in [-0.2, -0.15) is 0 Å². The molecule has 0 aromatic heterocycles. The minimum atomic E-state index is -0.785. The number of esters is 3. The molecule has 0 amide bonds. The molecule has 0 aliphatic rings. The van der Waals surface area contributed by atoms with Crippen LogP contribution in [0.1, 0.15) is 355 Å². The van der Waals surface area contributed by atoms with Crippen molar-refractivity contribution in [3.63, 3.8) is 0 Å². The van der Waals surface area contributed by atoms with Crippen LogP contribution in [0.25, 0.3) is 0 Å².